The van der Waals surface area contributed by atoms with Crippen LogP contribution in [-0.4, -0.2) is 35.1 Å². The molecule has 0 radical (unpaired) electrons. The quantitative estimate of drug-likeness (QED) is 0.754. The van der Waals surface area contributed by atoms with Crippen molar-refractivity contribution < 1.29 is 14.3 Å². The van der Waals surface area contributed by atoms with Crippen LogP contribution in [0.15, 0.2) is 12.4 Å². The monoisotopic (exact) mass is 261 g/mol. The Balaban J connectivity index is 1.50. The van der Waals surface area contributed by atoms with Gasteiger partial charge in [-0.2, -0.15) is 10.4 Å². The van der Waals surface area contributed by atoms with E-state index in [4.69, 9.17) is 14.7 Å². The van der Waals surface area contributed by atoms with E-state index in [1.807, 2.05) is 6.07 Å². The highest BCUT2D eigenvalue weighted by molar-refractivity contribution is 5.69. The van der Waals surface area contributed by atoms with Crippen molar-refractivity contribution in [1.29, 1.82) is 5.26 Å². The van der Waals surface area contributed by atoms with E-state index < -0.39 is 0 Å². The summed E-state index contributed by atoms with van der Waals surface area (Å²) in [7, 11) is 0. The molecular formula is C13H15N3O3. The molecule has 1 unspecified atom stereocenters. The van der Waals surface area contributed by atoms with Gasteiger partial charge in [-0.3, -0.25) is 9.48 Å². The van der Waals surface area contributed by atoms with Gasteiger partial charge in [-0.05, 0) is 19.3 Å². The smallest absolute Gasteiger partial charge is 0.328 e. The minimum absolute atomic E-state index is 0.00222. The zero-order valence-corrected chi connectivity index (χ0v) is 10.5. The third-order valence-corrected chi connectivity index (χ3v) is 3.83. The Labute approximate surface area is 110 Å². The van der Waals surface area contributed by atoms with Crippen LogP contribution in [0, 0.1) is 16.7 Å². The van der Waals surface area contributed by atoms with Gasteiger partial charge in [0.15, 0.2) is 0 Å². The summed E-state index contributed by atoms with van der Waals surface area (Å²) >= 11 is 0. The maximum atomic E-state index is 11.8. The first kappa shape index (κ1) is 12.2. The minimum Gasteiger partial charge on any atom is -0.461 e. The van der Waals surface area contributed by atoms with Crippen LogP contribution in [0.5, 0.6) is 0 Å². The fraction of sp³-hybridized carbons (Fsp3) is 0.615. The number of hydrogen-bond donors (Lipinski definition) is 0. The number of aromatic nitrogens is 2. The van der Waals surface area contributed by atoms with Crippen molar-refractivity contribution in [1.82, 2.24) is 9.78 Å². The lowest BCUT2D eigenvalue weighted by molar-refractivity contribution is -0.153. The lowest BCUT2D eigenvalue weighted by Crippen LogP contribution is -2.40. The number of esters is 1. The van der Waals surface area contributed by atoms with Crippen molar-refractivity contribution in [2.45, 2.75) is 31.9 Å². The first-order chi connectivity index (χ1) is 9.19. The molecule has 1 atom stereocenters. The van der Waals surface area contributed by atoms with Crippen LogP contribution < -0.4 is 0 Å². The summed E-state index contributed by atoms with van der Waals surface area (Å²) < 4.78 is 12.1. The zero-order chi connectivity index (χ0) is 13.3. The Morgan fingerprint density at radius 2 is 2.53 bits per heavy atom. The van der Waals surface area contributed by atoms with E-state index in [1.165, 1.54) is 17.1 Å². The molecule has 6 heteroatoms. The standard InChI is InChI=1S/C13H15N3O3/c14-4-10-5-15-16(6-10)7-12(17)19-11-1-2-13(3-11)8-18-9-13/h5-6,11H,1-3,7-9H2. The van der Waals surface area contributed by atoms with Crippen LogP contribution in [0.2, 0.25) is 0 Å². The molecule has 100 valence electrons. The van der Waals surface area contributed by atoms with Crippen molar-refractivity contribution in [3.8, 4) is 6.07 Å². The molecule has 1 aliphatic carbocycles. The molecule has 0 bridgehead atoms. The minimum atomic E-state index is -0.296. The third-order valence-electron chi connectivity index (χ3n) is 3.83. The second-order valence-electron chi connectivity index (χ2n) is 5.39. The number of nitriles is 1. The molecule has 19 heavy (non-hydrogen) atoms. The number of nitrogens with zero attached hydrogens (tertiary/aromatic N) is 3. The highest BCUT2D eigenvalue weighted by Gasteiger charge is 2.46. The molecule has 2 heterocycles. The van der Waals surface area contributed by atoms with E-state index >= 15 is 0 Å². The summed E-state index contributed by atoms with van der Waals surface area (Å²) in [5.41, 5.74) is 0.712. The van der Waals surface area contributed by atoms with Crippen LogP contribution in [0.25, 0.3) is 0 Å². The first-order valence-electron chi connectivity index (χ1n) is 6.39. The molecule has 1 aromatic heterocycles. The normalized spacial score (nSPS) is 23.8. The number of carbonyl (C=O) groups excluding carboxylic acids is 1. The average Bonchev–Trinajstić information content (AvgIpc) is 2.95. The Hall–Kier alpha value is -1.87. The van der Waals surface area contributed by atoms with Crippen LogP contribution in [0.1, 0.15) is 24.8 Å². The molecular weight excluding hydrogens is 246 g/mol. The Morgan fingerprint density at radius 3 is 3.11 bits per heavy atom. The fourth-order valence-electron chi connectivity index (χ4n) is 2.77. The predicted molar refractivity (Wildman–Crippen MR) is 63.9 cm³/mol. The van der Waals surface area contributed by atoms with E-state index in [-0.39, 0.29) is 24.0 Å². The van der Waals surface area contributed by atoms with Crippen molar-refractivity contribution in [3.05, 3.63) is 18.0 Å². The predicted octanol–water partition coefficient (Wildman–Crippen LogP) is 0.867. The Bertz CT molecular complexity index is 527. The van der Waals surface area contributed by atoms with Gasteiger partial charge < -0.3 is 9.47 Å². The molecule has 1 saturated carbocycles. The number of ether oxygens (including phenoxy) is 2. The van der Waals surface area contributed by atoms with Gasteiger partial charge in [0.2, 0.25) is 0 Å². The molecule has 0 N–H and O–H groups in total. The maximum Gasteiger partial charge on any atom is 0.328 e. The van der Waals surface area contributed by atoms with Crippen LogP contribution in [-0.2, 0) is 20.8 Å². The highest BCUT2D eigenvalue weighted by Crippen LogP contribution is 2.45. The summed E-state index contributed by atoms with van der Waals surface area (Å²) in [6.07, 6.45) is 5.87. The molecule has 3 rings (SSSR count). The Morgan fingerprint density at radius 1 is 1.68 bits per heavy atom. The molecule has 0 aromatic carbocycles. The Kier molecular flexibility index (Phi) is 2.99. The summed E-state index contributed by atoms with van der Waals surface area (Å²) in [4.78, 5) is 11.8. The van der Waals surface area contributed by atoms with Gasteiger partial charge in [0.25, 0.3) is 0 Å². The molecule has 1 aliphatic heterocycles. The topological polar surface area (TPSA) is 77.1 Å². The van der Waals surface area contributed by atoms with E-state index in [0.717, 1.165) is 32.5 Å². The molecule has 1 spiro atoms. The molecule has 1 aromatic rings. The second-order valence-corrected chi connectivity index (χ2v) is 5.39. The lowest BCUT2D eigenvalue weighted by atomic mass is 9.84. The summed E-state index contributed by atoms with van der Waals surface area (Å²) in [6, 6.07) is 1.97. The van der Waals surface area contributed by atoms with Gasteiger partial charge in [0.1, 0.15) is 18.7 Å². The number of carbonyl (C=O) groups is 1. The first-order valence-corrected chi connectivity index (χ1v) is 6.39. The largest absolute Gasteiger partial charge is 0.461 e. The number of rotatable bonds is 3. The lowest BCUT2D eigenvalue weighted by Gasteiger charge is -2.37. The van der Waals surface area contributed by atoms with Gasteiger partial charge in [0, 0.05) is 11.6 Å². The van der Waals surface area contributed by atoms with Crippen LogP contribution >= 0.6 is 0 Å². The van der Waals surface area contributed by atoms with Gasteiger partial charge in [-0.25, -0.2) is 0 Å². The highest BCUT2D eigenvalue weighted by atomic mass is 16.5. The second kappa shape index (κ2) is 4.67. The van der Waals surface area contributed by atoms with Gasteiger partial charge >= 0.3 is 5.97 Å². The van der Waals surface area contributed by atoms with Gasteiger partial charge in [-0.15, -0.1) is 0 Å². The molecule has 0 amide bonds. The third kappa shape index (κ3) is 2.47. The van der Waals surface area contributed by atoms with E-state index in [0.29, 0.717) is 5.56 Å². The molecule has 6 nitrogen and oxygen atoms in total. The maximum absolute atomic E-state index is 11.8. The summed E-state index contributed by atoms with van der Waals surface area (Å²) in [5, 5.41) is 12.6. The molecule has 2 fully saturated rings. The summed E-state index contributed by atoms with van der Waals surface area (Å²) in [6.45, 7) is 1.65. The van der Waals surface area contributed by atoms with Crippen LogP contribution in [0.3, 0.4) is 0 Å². The van der Waals surface area contributed by atoms with Crippen molar-refractivity contribution in [2.75, 3.05) is 13.2 Å². The van der Waals surface area contributed by atoms with Crippen molar-refractivity contribution >= 4 is 5.97 Å². The van der Waals surface area contributed by atoms with Gasteiger partial charge in [0.05, 0.1) is 25.0 Å². The SMILES string of the molecule is N#Cc1cnn(CC(=O)OC2CCC3(COC3)C2)c1. The van der Waals surface area contributed by atoms with E-state index in [9.17, 15) is 4.79 Å². The van der Waals surface area contributed by atoms with E-state index in [1.54, 1.807) is 0 Å². The molecule has 2 aliphatic rings. The van der Waals surface area contributed by atoms with Crippen LogP contribution in [0.4, 0.5) is 0 Å². The number of hydrogen-bond acceptors (Lipinski definition) is 5. The van der Waals surface area contributed by atoms with Gasteiger partial charge in [-0.1, -0.05) is 0 Å². The summed E-state index contributed by atoms with van der Waals surface area (Å²) in [5.74, 6) is -0.296. The van der Waals surface area contributed by atoms with Crippen molar-refractivity contribution in [3.63, 3.8) is 0 Å². The zero-order valence-electron chi connectivity index (χ0n) is 10.5. The fourth-order valence-corrected chi connectivity index (χ4v) is 2.77. The average molecular weight is 261 g/mol. The molecule has 1 saturated heterocycles. The van der Waals surface area contributed by atoms with E-state index in [2.05, 4.69) is 5.10 Å². The van der Waals surface area contributed by atoms with Crippen molar-refractivity contribution in [2.24, 2.45) is 5.41 Å².